The summed E-state index contributed by atoms with van der Waals surface area (Å²) in [5.41, 5.74) is 0.934. The molecule has 2 amide bonds. The van der Waals surface area contributed by atoms with Gasteiger partial charge in [0, 0.05) is 38.4 Å². The lowest BCUT2D eigenvalue weighted by Gasteiger charge is -2.32. The third kappa shape index (κ3) is 4.92. The van der Waals surface area contributed by atoms with E-state index in [9.17, 15) is 9.18 Å². The number of halogens is 2. The van der Waals surface area contributed by atoms with Gasteiger partial charge in [-0.1, -0.05) is 23.7 Å². The Labute approximate surface area is 185 Å². The highest BCUT2D eigenvalue weighted by Crippen LogP contribution is 2.28. The van der Waals surface area contributed by atoms with Gasteiger partial charge in [-0.15, -0.1) is 0 Å². The maximum Gasteiger partial charge on any atom is 0.332 e. The molecule has 0 saturated carbocycles. The van der Waals surface area contributed by atoms with Crippen LogP contribution < -0.4 is 15.1 Å². The van der Waals surface area contributed by atoms with Gasteiger partial charge in [0.1, 0.15) is 11.6 Å². The maximum absolute atomic E-state index is 13.5. The summed E-state index contributed by atoms with van der Waals surface area (Å²) in [6.07, 6.45) is 1.62. The minimum absolute atomic E-state index is 0.375. The Morgan fingerprint density at radius 2 is 1.77 bits per heavy atom. The van der Waals surface area contributed by atoms with Gasteiger partial charge in [0.2, 0.25) is 5.95 Å². The second-order valence-corrected chi connectivity index (χ2v) is 7.63. The number of hydrogen-bond acceptors (Lipinski definition) is 5. The van der Waals surface area contributed by atoms with E-state index in [0.29, 0.717) is 28.2 Å². The molecule has 1 N–H and O–H groups in total. The lowest BCUT2D eigenvalue weighted by Crippen LogP contribution is -2.45. The molecule has 160 valence electrons. The van der Waals surface area contributed by atoms with Gasteiger partial charge in [-0.05, 0) is 43.4 Å². The largest absolute Gasteiger partial charge is 0.338 e. The quantitative estimate of drug-likeness (QED) is 0.651. The van der Waals surface area contributed by atoms with Crippen LogP contribution in [-0.4, -0.2) is 54.1 Å². The van der Waals surface area contributed by atoms with Gasteiger partial charge in [0.05, 0.1) is 16.4 Å². The third-order valence-corrected chi connectivity index (χ3v) is 5.38. The Hall–Kier alpha value is -3.23. The second-order valence-electron chi connectivity index (χ2n) is 7.23. The van der Waals surface area contributed by atoms with E-state index in [1.165, 1.54) is 29.2 Å². The summed E-state index contributed by atoms with van der Waals surface area (Å²) in [7, 11) is 2.07. The Morgan fingerprint density at radius 3 is 2.48 bits per heavy atom. The number of anilines is 4. The number of carbonyl (C=O) groups excluding carboxylic acids is 1. The van der Waals surface area contributed by atoms with Crippen LogP contribution in [0, 0.1) is 5.82 Å². The average molecular weight is 441 g/mol. The van der Waals surface area contributed by atoms with Gasteiger partial charge in [0.25, 0.3) is 0 Å². The summed E-state index contributed by atoms with van der Waals surface area (Å²) in [6, 6.07) is 13.8. The minimum Gasteiger partial charge on any atom is -0.338 e. The van der Waals surface area contributed by atoms with Gasteiger partial charge < -0.3 is 15.1 Å². The number of nitrogens with one attached hydrogen (secondary N) is 1. The lowest BCUT2D eigenvalue weighted by atomic mass is 10.2. The molecular formula is C22H22ClFN6O. The summed E-state index contributed by atoms with van der Waals surface area (Å²) < 4.78 is 13.5. The van der Waals surface area contributed by atoms with E-state index in [0.717, 1.165) is 26.2 Å². The van der Waals surface area contributed by atoms with E-state index in [1.807, 2.05) is 0 Å². The molecule has 1 saturated heterocycles. The SMILES string of the molecule is CN1CCN(c2nccc(N(C(=O)Nc3ccccc3Cl)c3ccc(F)cc3)n2)CC1. The van der Waals surface area contributed by atoms with Crippen LogP contribution in [0.5, 0.6) is 0 Å². The van der Waals surface area contributed by atoms with E-state index < -0.39 is 11.8 Å². The first-order valence-electron chi connectivity index (χ1n) is 9.89. The van der Waals surface area contributed by atoms with Gasteiger partial charge in [0.15, 0.2) is 0 Å². The van der Waals surface area contributed by atoms with E-state index in [1.54, 1.807) is 36.5 Å². The monoisotopic (exact) mass is 440 g/mol. The molecule has 0 bridgehead atoms. The first-order valence-corrected chi connectivity index (χ1v) is 10.3. The van der Waals surface area contributed by atoms with Crippen molar-refractivity contribution in [1.82, 2.24) is 14.9 Å². The van der Waals surface area contributed by atoms with Crippen molar-refractivity contribution in [2.45, 2.75) is 0 Å². The number of urea groups is 1. The number of benzene rings is 2. The fraction of sp³-hybridized carbons (Fsp3) is 0.227. The molecule has 0 radical (unpaired) electrons. The standard InChI is InChI=1S/C22H22ClFN6O/c1-28-12-14-29(15-13-28)21-25-11-10-20(27-21)30(17-8-6-16(24)7-9-17)22(31)26-19-5-3-2-4-18(19)23/h2-11H,12-15H2,1H3,(H,26,31). The molecule has 31 heavy (non-hydrogen) atoms. The molecule has 9 heteroatoms. The van der Waals surface area contributed by atoms with Crippen LogP contribution in [0.1, 0.15) is 0 Å². The van der Waals surface area contributed by atoms with Crippen molar-refractivity contribution >= 4 is 40.8 Å². The van der Waals surface area contributed by atoms with Crippen LogP contribution in [0.4, 0.5) is 32.3 Å². The number of aromatic nitrogens is 2. The van der Waals surface area contributed by atoms with Crippen molar-refractivity contribution in [3.05, 3.63) is 71.6 Å². The molecule has 1 fully saturated rings. The van der Waals surface area contributed by atoms with Crippen molar-refractivity contribution < 1.29 is 9.18 Å². The fourth-order valence-electron chi connectivity index (χ4n) is 3.30. The van der Waals surface area contributed by atoms with Crippen LogP contribution in [0.25, 0.3) is 0 Å². The molecule has 0 aliphatic carbocycles. The van der Waals surface area contributed by atoms with Gasteiger partial charge >= 0.3 is 6.03 Å². The topological polar surface area (TPSA) is 64.6 Å². The first kappa shape index (κ1) is 21.0. The average Bonchev–Trinajstić information content (AvgIpc) is 2.78. The van der Waals surface area contributed by atoms with Gasteiger partial charge in [-0.2, -0.15) is 4.98 Å². The summed E-state index contributed by atoms with van der Waals surface area (Å²) >= 11 is 6.21. The molecule has 3 aromatic rings. The van der Waals surface area contributed by atoms with Crippen molar-refractivity contribution in [3.8, 4) is 0 Å². The van der Waals surface area contributed by atoms with Crippen LogP contribution in [0.3, 0.4) is 0 Å². The highest BCUT2D eigenvalue weighted by atomic mass is 35.5. The van der Waals surface area contributed by atoms with Crippen LogP contribution in [0.15, 0.2) is 60.8 Å². The zero-order valence-corrected chi connectivity index (χ0v) is 17.8. The Balaban J connectivity index is 1.67. The Kier molecular flexibility index (Phi) is 6.29. The number of rotatable bonds is 4. The van der Waals surface area contributed by atoms with E-state index in [-0.39, 0.29) is 0 Å². The van der Waals surface area contributed by atoms with Crippen LogP contribution in [0.2, 0.25) is 5.02 Å². The predicted molar refractivity (Wildman–Crippen MR) is 121 cm³/mol. The zero-order chi connectivity index (χ0) is 21.8. The first-order chi connectivity index (χ1) is 15.0. The van der Waals surface area contributed by atoms with E-state index in [2.05, 4.69) is 32.1 Å². The highest BCUT2D eigenvalue weighted by Gasteiger charge is 2.23. The number of likely N-dealkylation sites (N-methyl/N-ethyl adjacent to an activating group) is 1. The fourth-order valence-corrected chi connectivity index (χ4v) is 3.48. The van der Waals surface area contributed by atoms with Crippen molar-refractivity contribution in [2.75, 3.05) is 48.3 Å². The smallest absolute Gasteiger partial charge is 0.332 e. The zero-order valence-electron chi connectivity index (χ0n) is 17.0. The predicted octanol–water partition coefficient (Wildman–Crippen LogP) is 4.39. The molecule has 1 aliphatic rings. The molecule has 1 aromatic heterocycles. The highest BCUT2D eigenvalue weighted by molar-refractivity contribution is 6.33. The number of piperazine rings is 1. The van der Waals surface area contributed by atoms with Crippen molar-refractivity contribution in [3.63, 3.8) is 0 Å². The summed E-state index contributed by atoms with van der Waals surface area (Å²) in [4.78, 5) is 28.0. The van der Waals surface area contributed by atoms with E-state index in [4.69, 9.17) is 11.6 Å². The molecule has 0 atom stereocenters. The number of hydrogen-bond donors (Lipinski definition) is 1. The van der Waals surface area contributed by atoms with Crippen LogP contribution in [-0.2, 0) is 0 Å². The molecule has 0 spiro atoms. The van der Waals surface area contributed by atoms with Crippen molar-refractivity contribution in [2.24, 2.45) is 0 Å². The molecular weight excluding hydrogens is 419 g/mol. The minimum atomic E-state index is -0.470. The molecule has 2 heterocycles. The van der Waals surface area contributed by atoms with Crippen LogP contribution >= 0.6 is 11.6 Å². The molecule has 4 rings (SSSR count). The Morgan fingerprint density at radius 1 is 1.06 bits per heavy atom. The molecule has 0 unspecified atom stereocenters. The third-order valence-electron chi connectivity index (χ3n) is 5.05. The maximum atomic E-state index is 13.5. The van der Waals surface area contributed by atoms with Crippen molar-refractivity contribution in [1.29, 1.82) is 0 Å². The molecule has 2 aromatic carbocycles. The summed E-state index contributed by atoms with van der Waals surface area (Å²) in [6.45, 7) is 3.40. The Bertz CT molecular complexity index is 1060. The summed E-state index contributed by atoms with van der Waals surface area (Å²) in [5.74, 6) is 0.527. The van der Waals surface area contributed by atoms with E-state index >= 15 is 0 Å². The normalized spacial score (nSPS) is 14.4. The number of nitrogens with zero attached hydrogens (tertiary/aromatic N) is 5. The summed E-state index contributed by atoms with van der Waals surface area (Å²) in [5, 5.41) is 3.22. The number of para-hydroxylation sites is 1. The second kappa shape index (κ2) is 9.28. The van der Waals surface area contributed by atoms with Gasteiger partial charge in [-0.3, -0.25) is 0 Å². The molecule has 7 nitrogen and oxygen atoms in total. The lowest BCUT2D eigenvalue weighted by molar-refractivity contribution is 0.259. The number of carbonyl (C=O) groups is 1. The van der Waals surface area contributed by atoms with Gasteiger partial charge in [-0.25, -0.2) is 19.1 Å². The molecule has 1 aliphatic heterocycles. The number of amides is 2.